The molecular weight excluding hydrogens is 190 g/mol. The molecule has 1 aromatic carbocycles. The van der Waals surface area contributed by atoms with E-state index in [1.165, 1.54) is 11.1 Å². The van der Waals surface area contributed by atoms with Gasteiger partial charge in [0.15, 0.2) is 0 Å². The summed E-state index contributed by atoms with van der Waals surface area (Å²) in [6.45, 7) is 2.09. The molecule has 0 saturated heterocycles. The number of ether oxygens (including phenoxy) is 1. The minimum atomic E-state index is 0.229. The van der Waals surface area contributed by atoms with Crippen LogP contribution in [0.2, 0.25) is 0 Å². The quantitative estimate of drug-likeness (QED) is 0.766. The zero-order valence-corrected chi connectivity index (χ0v) is 9.04. The smallest absolute Gasteiger partial charge is 0.142 e. The van der Waals surface area contributed by atoms with Gasteiger partial charge in [0, 0.05) is 12.5 Å². The first-order valence-corrected chi connectivity index (χ1v) is 5.13. The number of anilines is 1. The molecular formula is C12H15NO2. The second kappa shape index (κ2) is 3.93. The van der Waals surface area contributed by atoms with E-state index in [2.05, 4.69) is 18.3 Å². The summed E-state index contributed by atoms with van der Waals surface area (Å²) in [4.78, 5) is 10.5. The lowest BCUT2D eigenvalue weighted by Gasteiger charge is -2.10. The zero-order chi connectivity index (χ0) is 10.8. The van der Waals surface area contributed by atoms with Crippen LogP contribution in [0.3, 0.4) is 0 Å². The van der Waals surface area contributed by atoms with Crippen molar-refractivity contribution >= 4 is 12.0 Å². The molecule has 0 amide bonds. The fraction of sp³-hybridized carbons (Fsp3) is 0.417. The van der Waals surface area contributed by atoms with Crippen molar-refractivity contribution in [3.8, 4) is 5.75 Å². The number of hydrogen-bond donors (Lipinski definition) is 1. The number of aryl methyl sites for hydroxylation is 1. The van der Waals surface area contributed by atoms with E-state index >= 15 is 0 Å². The second-order valence-electron chi connectivity index (χ2n) is 3.89. The van der Waals surface area contributed by atoms with Gasteiger partial charge in [-0.15, -0.1) is 0 Å². The number of fused-ring (bicyclic) bond motifs is 1. The molecule has 0 spiro atoms. The van der Waals surface area contributed by atoms with Crippen LogP contribution in [0.1, 0.15) is 17.5 Å². The molecule has 15 heavy (non-hydrogen) atoms. The number of methoxy groups -OCH3 is 1. The molecule has 0 radical (unpaired) electrons. The molecule has 0 saturated carbocycles. The van der Waals surface area contributed by atoms with Gasteiger partial charge in [-0.05, 0) is 30.5 Å². The molecule has 0 fully saturated rings. The minimum Gasteiger partial charge on any atom is -0.495 e. The number of carbonyl (C=O) groups excluding carboxylic acids is 1. The summed E-state index contributed by atoms with van der Waals surface area (Å²) < 4.78 is 5.29. The van der Waals surface area contributed by atoms with Crippen molar-refractivity contribution in [2.75, 3.05) is 12.4 Å². The van der Waals surface area contributed by atoms with E-state index in [1.54, 1.807) is 7.11 Å². The fourth-order valence-electron chi connectivity index (χ4n) is 2.08. The molecule has 0 bridgehead atoms. The Morgan fingerprint density at radius 3 is 3.07 bits per heavy atom. The highest BCUT2D eigenvalue weighted by molar-refractivity contribution is 5.69. The molecule has 1 aliphatic heterocycles. The van der Waals surface area contributed by atoms with E-state index in [1.807, 2.05) is 6.07 Å². The maximum absolute atomic E-state index is 10.5. The molecule has 0 aromatic heterocycles. The molecule has 2 rings (SSSR count). The lowest BCUT2D eigenvalue weighted by Crippen LogP contribution is -2.15. The van der Waals surface area contributed by atoms with Gasteiger partial charge in [-0.1, -0.05) is 6.07 Å². The van der Waals surface area contributed by atoms with Crippen LogP contribution in [0.25, 0.3) is 0 Å². The van der Waals surface area contributed by atoms with Crippen molar-refractivity contribution in [1.82, 2.24) is 0 Å². The molecule has 3 nitrogen and oxygen atoms in total. The van der Waals surface area contributed by atoms with Crippen LogP contribution in [-0.4, -0.2) is 19.4 Å². The van der Waals surface area contributed by atoms with Crippen LogP contribution in [0.15, 0.2) is 12.1 Å². The van der Waals surface area contributed by atoms with Gasteiger partial charge >= 0.3 is 0 Å². The van der Waals surface area contributed by atoms with Gasteiger partial charge in [0.1, 0.15) is 12.0 Å². The van der Waals surface area contributed by atoms with Crippen LogP contribution in [-0.2, 0) is 11.2 Å². The van der Waals surface area contributed by atoms with Gasteiger partial charge < -0.3 is 14.8 Å². The zero-order valence-electron chi connectivity index (χ0n) is 9.04. The van der Waals surface area contributed by atoms with Crippen LogP contribution in [0.5, 0.6) is 5.75 Å². The average Bonchev–Trinajstić information content (AvgIpc) is 2.64. The number of nitrogens with one attached hydrogen (secondary N) is 1. The first-order valence-electron chi connectivity index (χ1n) is 5.13. The normalized spacial score (nSPS) is 18.1. The van der Waals surface area contributed by atoms with E-state index in [0.29, 0.717) is 6.42 Å². The third-order valence-electron chi connectivity index (χ3n) is 2.91. The standard InChI is InChI=1S/C12H15NO2/c1-8-3-4-11(15-2)12-10(8)7-9(13-12)5-6-14/h3-4,6,9,13H,5,7H2,1-2H3. The van der Waals surface area contributed by atoms with Crippen LogP contribution in [0, 0.1) is 6.92 Å². The average molecular weight is 205 g/mol. The molecule has 1 unspecified atom stereocenters. The monoisotopic (exact) mass is 205 g/mol. The molecule has 0 aliphatic carbocycles. The van der Waals surface area contributed by atoms with E-state index < -0.39 is 0 Å². The van der Waals surface area contributed by atoms with Crippen molar-refractivity contribution in [2.45, 2.75) is 25.8 Å². The summed E-state index contributed by atoms with van der Waals surface area (Å²) in [5.41, 5.74) is 3.59. The predicted molar refractivity (Wildman–Crippen MR) is 59.5 cm³/mol. The number of carbonyl (C=O) groups is 1. The molecule has 80 valence electrons. The fourth-order valence-corrected chi connectivity index (χ4v) is 2.08. The molecule has 1 atom stereocenters. The maximum Gasteiger partial charge on any atom is 0.142 e. The highest BCUT2D eigenvalue weighted by atomic mass is 16.5. The molecule has 1 aromatic rings. The third kappa shape index (κ3) is 1.69. The highest BCUT2D eigenvalue weighted by Gasteiger charge is 2.24. The molecule has 1 heterocycles. The summed E-state index contributed by atoms with van der Waals surface area (Å²) in [6, 6.07) is 4.25. The summed E-state index contributed by atoms with van der Waals surface area (Å²) in [5.74, 6) is 0.865. The van der Waals surface area contributed by atoms with E-state index in [-0.39, 0.29) is 6.04 Å². The topological polar surface area (TPSA) is 38.3 Å². The Hall–Kier alpha value is -1.51. The van der Waals surface area contributed by atoms with Crippen LogP contribution in [0.4, 0.5) is 5.69 Å². The Kier molecular flexibility index (Phi) is 2.62. The van der Waals surface area contributed by atoms with Crippen molar-refractivity contribution in [3.63, 3.8) is 0 Å². The lowest BCUT2D eigenvalue weighted by molar-refractivity contribution is -0.108. The molecule has 3 heteroatoms. The Morgan fingerprint density at radius 1 is 1.60 bits per heavy atom. The Balaban J connectivity index is 2.34. The van der Waals surface area contributed by atoms with Gasteiger partial charge in [-0.25, -0.2) is 0 Å². The van der Waals surface area contributed by atoms with E-state index in [0.717, 1.165) is 24.1 Å². The lowest BCUT2D eigenvalue weighted by atomic mass is 10.0. The van der Waals surface area contributed by atoms with Crippen molar-refractivity contribution in [2.24, 2.45) is 0 Å². The number of hydrogen-bond acceptors (Lipinski definition) is 3. The SMILES string of the molecule is COc1ccc(C)c2c1NC(CC=O)C2. The van der Waals surface area contributed by atoms with Crippen LogP contribution >= 0.6 is 0 Å². The van der Waals surface area contributed by atoms with Crippen molar-refractivity contribution < 1.29 is 9.53 Å². The van der Waals surface area contributed by atoms with Gasteiger partial charge in [0.2, 0.25) is 0 Å². The molecule has 1 aliphatic rings. The number of aldehydes is 1. The maximum atomic E-state index is 10.5. The van der Waals surface area contributed by atoms with Gasteiger partial charge in [0.05, 0.1) is 12.8 Å². The summed E-state index contributed by atoms with van der Waals surface area (Å²) in [7, 11) is 1.67. The van der Waals surface area contributed by atoms with Crippen LogP contribution < -0.4 is 10.1 Å². The summed E-state index contributed by atoms with van der Waals surface area (Å²) in [6.07, 6.45) is 2.43. The Morgan fingerprint density at radius 2 is 2.40 bits per heavy atom. The second-order valence-corrected chi connectivity index (χ2v) is 3.89. The first-order chi connectivity index (χ1) is 7.26. The minimum absolute atomic E-state index is 0.229. The van der Waals surface area contributed by atoms with E-state index in [4.69, 9.17) is 4.74 Å². The first kappa shape index (κ1) is 10.0. The third-order valence-corrected chi connectivity index (χ3v) is 2.91. The highest BCUT2D eigenvalue weighted by Crippen LogP contribution is 2.37. The van der Waals surface area contributed by atoms with Crippen molar-refractivity contribution in [3.05, 3.63) is 23.3 Å². The summed E-state index contributed by atoms with van der Waals surface area (Å²) >= 11 is 0. The molecule has 1 N–H and O–H groups in total. The van der Waals surface area contributed by atoms with E-state index in [9.17, 15) is 4.79 Å². The number of rotatable bonds is 3. The Bertz CT molecular complexity index is 387. The van der Waals surface area contributed by atoms with Gasteiger partial charge in [0.25, 0.3) is 0 Å². The predicted octanol–water partition coefficient (Wildman–Crippen LogP) is 1.93. The van der Waals surface area contributed by atoms with Gasteiger partial charge in [-0.2, -0.15) is 0 Å². The largest absolute Gasteiger partial charge is 0.495 e. The Labute approximate surface area is 89.4 Å². The summed E-state index contributed by atoms with van der Waals surface area (Å²) in [5, 5.41) is 3.34. The number of benzene rings is 1. The van der Waals surface area contributed by atoms with Crippen molar-refractivity contribution in [1.29, 1.82) is 0 Å². The van der Waals surface area contributed by atoms with Gasteiger partial charge in [-0.3, -0.25) is 0 Å².